The zero-order valence-corrected chi connectivity index (χ0v) is 9.28. The van der Waals surface area contributed by atoms with Gasteiger partial charge >= 0.3 is 0 Å². The molecule has 0 N–H and O–H groups in total. The maximum atomic E-state index is 2.17. The van der Waals surface area contributed by atoms with Crippen LogP contribution in [0.2, 0.25) is 0 Å². The minimum absolute atomic E-state index is 0. The summed E-state index contributed by atoms with van der Waals surface area (Å²) in [7, 11) is 0. The number of allylic oxidation sites excluding steroid dienone is 8. The van der Waals surface area contributed by atoms with Crippen molar-refractivity contribution in [2.75, 3.05) is 0 Å². The van der Waals surface area contributed by atoms with Crippen LogP contribution in [-0.4, -0.2) is 0 Å². The predicted molar refractivity (Wildman–Crippen MR) is 55.0 cm³/mol. The molecule has 13 heavy (non-hydrogen) atoms. The van der Waals surface area contributed by atoms with Crippen molar-refractivity contribution in [3.8, 4) is 0 Å². The summed E-state index contributed by atoms with van der Waals surface area (Å²) in [5.41, 5.74) is 1.47. The average molecular weight is 216 g/mol. The molecule has 0 aromatic heterocycles. The van der Waals surface area contributed by atoms with Crippen molar-refractivity contribution < 1.29 is 17.1 Å². The molecule has 0 heterocycles. The smallest absolute Gasteiger partial charge is 0 e. The normalized spacial score (nSPS) is 17.8. The number of hydrogen-bond donors (Lipinski definition) is 0. The van der Waals surface area contributed by atoms with Gasteiger partial charge in [-0.05, 0) is 19.3 Å². The van der Waals surface area contributed by atoms with E-state index < -0.39 is 0 Å². The van der Waals surface area contributed by atoms with E-state index in [1.165, 1.54) is 12.0 Å². The molecule has 0 saturated carbocycles. The van der Waals surface area contributed by atoms with Gasteiger partial charge in [-0.3, -0.25) is 0 Å². The molecular weight excluding hydrogens is 200 g/mol. The summed E-state index contributed by atoms with van der Waals surface area (Å²) < 4.78 is 0. The summed E-state index contributed by atoms with van der Waals surface area (Å²) in [5.74, 6) is 0.685. The van der Waals surface area contributed by atoms with Crippen molar-refractivity contribution in [1.29, 1.82) is 0 Å². The topological polar surface area (TPSA) is 0 Å². The Morgan fingerprint density at radius 3 is 1.92 bits per heavy atom. The van der Waals surface area contributed by atoms with Crippen LogP contribution in [0.4, 0.5) is 0 Å². The Morgan fingerprint density at radius 1 is 1.15 bits per heavy atom. The van der Waals surface area contributed by atoms with E-state index in [4.69, 9.17) is 0 Å². The monoisotopic (exact) mass is 216 g/mol. The van der Waals surface area contributed by atoms with E-state index in [1.807, 2.05) is 0 Å². The van der Waals surface area contributed by atoms with Crippen LogP contribution in [0, 0.1) is 5.92 Å². The first-order valence-electron chi connectivity index (χ1n) is 4.46. The van der Waals surface area contributed by atoms with E-state index in [2.05, 4.69) is 56.4 Å². The molecule has 0 aromatic carbocycles. The molecule has 2 aliphatic carbocycles. The Bertz CT molecular complexity index is 232. The van der Waals surface area contributed by atoms with Gasteiger partial charge in [0.15, 0.2) is 0 Å². The van der Waals surface area contributed by atoms with E-state index in [9.17, 15) is 0 Å². The third-order valence-electron chi connectivity index (χ3n) is 1.90. The number of rotatable bonds is 0. The molecule has 2 aliphatic rings. The molecule has 0 radical (unpaired) electrons. The molecule has 2 rings (SSSR count). The van der Waals surface area contributed by atoms with Crippen molar-refractivity contribution in [2.45, 2.75) is 20.3 Å². The summed E-state index contributed by atoms with van der Waals surface area (Å²) in [6.07, 6.45) is 16.0. The first-order chi connectivity index (χ1) is 5.79. The minimum Gasteiger partial charge on any atom is -0.0805 e. The van der Waals surface area contributed by atoms with Crippen LogP contribution in [0.5, 0.6) is 0 Å². The Hall–Kier alpha value is -0.521. The molecule has 0 nitrogen and oxygen atoms in total. The average Bonchev–Trinajstić information content (AvgIpc) is 2.63. The van der Waals surface area contributed by atoms with Gasteiger partial charge in [0.05, 0.1) is 0 Å². The molecule has 0 aliphatic heterocycles. The third-order valence-corrected chi connectivity index (χ3v) is 1.90. The summed E-state index contributed by atoms with van der Waals surface area (Å²) >= 11 is 0. The maximum Gasteiger partial charge on any atom is 0 e. The van der Waals surface area contributed by atoms with Crippen molar-refractivity contribution in [1.82, 2.24) is 0 Å². The Morgan fingerprint density at radius 2 is 1.77 bits per heavy atom. The molecule has 0 unspecified atom stereocenters. The minimum atomic E-state index is 0. The van der Waals surface area contributed by atoms with E-state index in [1.54, 1.807) is 0 Å². The van der Waals surface area contributed by atoms with Crippen LogP contribution in [-0.2, 0) is 17.1 Å². The first kappa shape index (κ1) is 12.5. The van der Waals surface area contributed by atoms with Gasteiger partial charge in [0, 0.05) is 17.1 Å². The fourth-order valence-electron chi connectivity index (χ4n) is 1.10. The molecule has 0 atom stereocenters. The molecule has 0 aromatic rings. The van der Waals surface area contributed by atoms with Crippen molar-refractivity contribution in [3.05, 3.63) is 48.1 Å². The van der Waals surface area contributed by atoms with Gasteiger partial charge in [0.25, 0.3) is 0 Å². The quantitative estimate of drug-likeness (QED) is 0.542. The van der Waals surface area contributed by atoms with E-state index in [0.717, 1.165) is 0 Å². The standard InChI is InChI=1S/2C6H8.Fe/c2*1-6-4-2-3-5-6;/h2-4H,5H2,1H3;2-6H,1H3;. The van der Waals surface area contributed by atoms with Crippen molar-refractivity contribution in [3.63, 3.8) is 0 Å². The second-order valence-electron chi connectivity index (χ2n) is 3.27. The van der Waals surface area contributed by atoms with E-state index in [-0.39, 0.29) is 17.1 Å². The molecule has 1 heteroatoms. The second kappa shape index (κ2) is 6.94. The largest absolute Gasteiger partial charge is 0.0805 e. The van der Waals surface area contributed by atoms with E-state index in [0.29, 0.717) is 5.92 Å². The van der Waals surface area contributed by atoms with Crippen LogP contribution in [0.25, 0.3) is 0 Å². The second-order valence-corrected chi connectivity index (χ2v) is 3.27. The predicted octanol–water partition coefficient (Wildman–Crippen LogP) is 3.64. The van der Waals surface area contributed by atoms with Gasteiger partial charge in [-0.2, -0.15) is 0 Å². The van der Waals surface area contributed by atoms with E-state index >= 15 is 0 Å². The fraction of sp³-hybridized carbons (Fsp3) is 0.333. The van der Waals surface area contributed by atoms with Gasteiger partial charge in [-0.1, -0.05) is 55.0 Å². The molecule has 72 valence electrons. The van der Waals surface area contributed by atoms with Crippen molar-refractivity contribution in [2.24, 2.45) is 5.92 Å². The zero-order valence-electron chi connectivity index (χ0n) is 8.18. The summed E-state index contributed by atoms with van der Waals surface area (Å²) in [5, 5.41) is 0. The van der Waals surface area contributed by atoms with Gasteiger partial charge in [-0.15, -0.1) is 0 Å². The molecule has 0 spiro atoms. The van der Waals surface area contributed by atoms with Gasteiger partial charge in [0.2, 0.25) is 0 Å². The molecule has 0 amide bonds. The van der Waals surface area contributed by atoms with Crippen molar-refractivity contribution >= 4 is 0 Å². The molecule has 0 bridgehead atoms. The maximum absolute atomic E-state index is 2.17. The van der Waals surface area contributed by atoms with Crippen LogP contribution in [0.15, 0.2) is 48.1 Å². The third kappa shape index (κ3) is 5.68. The van der Waals surface area contributed by atoms with Gasteiger partial charge in [-0.25, -0.2) is 0 Å². The summed E-state index contributed by atoms with van der Waals surface area (Å²) in [6, 6.07) is 0. The van der Waals surface area contributed by atoms with Gasteiger partial charge < -0.3 is 0 Å². The first-order valence-corrected chi connectivity index (χ1v) is 4.46. The van der Waals surface area contributed by atoms with Crippen LogP contribution in [0.3, 0.4) is 0 Å². The summed E-state index contributed by atoms with van der Waals surface area (Å²) in [4.78, 5) is 0. The SMILES string of the molecule is CC1=CC=CC1.CC1C=CC=C1.[Fe]. The van der Waals surface area contributed by atoms with Crippen LogP contribution >= 0.6 is 0 Å². The molecular formula is C12H16Fe. The number of hydrogen-bond acceptors (Lipinski definition) is 0. The summed E-state index contributed by atoms with van der Waals surface area (Å²) in [6.45, 7) is 4.31. The van der Waals surface area contributed by atoms with Crippen LogP contribution < -0.4 is 0 Å². The Balaban J connectivity index is 0.000000206. The van der Waals surface area contributed by atoms with Gasteiger partial charge in [0.1, 0.15) is 0 Å². The molecule has 0 saturated heterocycles. The Labute approximate surface area is 91.6 Å². The fourth-order valence-corrected chi connectivity index (χ4v) is 1.10. The zero-order chi connectivity index (χ0) is 8.81. The van der Waals surface area contributed by atoms with Crippen LogP contribution in [0.1, 0.15) is 20.3 Å². The Kier molecular flexibility index (Phi) is 6.66. The molecule has 0 fully saturated rings.